The summed E-state index contributed by atoms with van der Waals surface area (Å²) in [6.07, 6.45) is -4.58. The van der Waals surface area contributed by atoms with E-state index in [9.17, 15) is 18.0 Å². The van der Waals surface area contributed by atoms with E-state index < -0.39 is 30.0 Å². The van der Waals surface area contributed by atoms with Crippen molar-refractivity contribution in [3.8, 4) is 5.75 Å². The van der Waals surface area contributed by atoms with Crippen LogP contribution in [-0.2, 0) is 11.0 Å². The fourth-order valence-electron chi connectivity index (χ4n) is 1.82. The zero-order chi connectivity index (χ0) is 17.9. The minimum absolute atomic E-state index is 0.140. The van der Waals surface area contributed by atoms with Crippen LogP contribution in [0.4, 0.5) is 24.5 Å². The number of nitrogen functional groups attached to an aromatic ring is 1. The smallest absolute Gasteiger partial charge is 0.419 e. The van der Waals surface area contributed by atoms with Gasteiger partial charge in [-0.15, -0.1) is 0 Å². The highest BCUT2D eigenvalue weighted by Crippen LogP contribution is 2.36. The van der Waals surface area contributed by atoms with Gasteiger partial charge in [0.25, 0.3) is 5.91 Å². The Morgan fingerprint density at radius 2 is 1.75 bits per heavy atom. The molecule has 0 fully saturated rings. The Balaban J connectivity index is 2.05. The molecule has 0 aliphatic rings. The summed E-state index contributed by atoms with van der Waals surface area (Å²) in [5.74, 6) is -1.11. The summed E-state index contributed by atoms with van der Waals surface area (Å²) in [6.45, 7) is -0.618. The standard InChI is InChI=1S/C15H11Cl2F3N2O2/c16-10-5-8(6-11(17)14(10)21)22-13(23)7-24-12-4-2-1-3-9(12)15(18,19)20/h1-6H,7,21H2,(H,22,23). The van der Waals surface area contributed by atoms with Gasteiger partial charge in [-0.05, 0) is 24.3 Å². The highest BCUT2D eigenvalue weighted by atomic mass is 35.5. The van der Waals surface area contributed by atoms with Crippen LogP contribution in [0.3, 0.4) is 0 Å². The number of halogens is 5. The first-order chi connectivity index (χ1) is 11.2. The van der Waals surface area contributed by atoms with E-state index in [0.717, 1.165) is 12.1 Å². The Morgan fingerprint density at radius 3 is 2.33 bits per heavy atom. The molecule has 9 heteroatoms. The molecule has 0 aliphatic heterocycles. The first-order valence-electron chi connectivity index (χ1n) is 6.52. The maximum absolute atomic E-state index is 12.8. The van der Waals surface area contributed by atoms with Crippen LogP contribution < -0.4 is 15.8 Å². The molecule has 0 heterocycles. The molecule has 0 aliphatic carbocycles. The number of para-hydroxylation sites is 1. The van der Waals surface area contributed by atoms with E-state index in [2.05, 4.69) is 5.32 Å². The van der Waals surface area contributed by atoms with Crippen molar-refractivity contribution in [1.29, 1.82) is 0 Å². The predicted molar refractivity (Wildman–Crippen MR) is 86.4 cm³/mol. The van der Waals surface area contributed by atoms with Crippen LogP contribution in [0.15, 0.2) is 36.4 Å². The number of rotatable bonds is 4. The number of ether oxygens (including phenoxy) is 1. The molecule has 0 aromatic heterocycles. The van der Waals surface area contributed by atoms with Crippen molar-refractivity contribution in [3.05, 3.63) is 52.0 Å². The number of benzene rings is 2. The average molecular weight is 379 g/mol. The maximum atomic E-state index is 12.8. The molecular weight excluding hydrogens is 368 g/mol. The van der Waals surface area contributed by atoms with Crippen molar-refractivity contribution in [2.75, 3.05) is 17.7 Å². The van der Waals surface area contributed by atoms with Gasteiger partial charge >= 0.3 is 6.18 Å². The average Bonchev–Trinajstić information content (AvgIpc) is 2.50. The molecule has 0 saturated heterocycles. The molecule has 0 radical (unpaired) electrons. The van der Waals surface area contributed by atoms with E-state index in [1.807, 2.05) is 0 Å². The lowest BCUT2D eigenvalue weighted by Gasteiger charge is -2.14. The predicted octanol–water partition coefficient (Wildman–Crippen LogP) is 4.61. The molecule has 2 rings (SSSR count). The second-order valence-corrected chi connectivity index (χ2v) is 5.50. The van der Waals surface area contributed by atoms with Gasteiger partial charge in [-0.25, -0.2) is 0 Å². The van der Waals surface area contributed by atoms with Gasteiger partial charge in [-0.3, -0.25) is 4.79 Å². The van der Waals surface area contributed by atoms with Gasteiger partial charge in [0.15, 0.2) is 6.61 Å². The highest BCUT2D eigenvalue weighted by Gasteiger charge is 2.34. The Bertz CT molecular complexity index is 744. The Morgan fingerprint density at radius 1 is 1.17 bits per heavy atom. The number of anilines is 2. The molecule has 128 valence electrons. The van der Waals surface area contributed by atoms with E-state index in [4.69, 9.17) is 33.7 Å². The number of nitrogens with one attached hydrogen (secondary N) is 1. The molecule has 3 N–H and O–H groups in total. The van der Waals surface area contributed by atoms with Crippen molar-refractivity contribution in [2.24, 2.45) is 0 Å². The summed E-state index contributed by atoms with van der Waals surface area (Å²) in [6, 6.07) is 7.34. The molecule has 0 spiro atoms. The topological polar surface area (TPSA) is 64.3 Å². The molecule has 0 atom stereocenters. The second-order valence-electron chi connectivity index (χ2n) is 4.68. The Kier molecular flexibility index (Phi) is 5.46. The number of amides is 1. The fraction of sp³-hybridized carbons (Fsp3) is 0.133. The normalized spacial score (nSPS) is 11.2. The summed E-state index contributed by atoms with van der Waals surface area (Å²) in [4.78, 5) is 11.8. The van der Waals surface area contributed by atoms with Crippen LogP contribution in [0.1, 0.15) is 5.56 Å². The number of alkyl halides is 3. The fourth-order valence-corrected chi connectivity index (χ4v) is 2.31. The largest absolute Gasteiger partial charge is 0.483 e. The van der Waals surface area contributed by atoms with Crippen LogP contribution in [0.5, 0.6) is 5.75 Å². The Labute approximate surface area is 145 Å². The lowest BCUT2D eigenvalue weighted by molar-refractivity contribution is -0.139. The molecule has 24 heavy (non-hydrogen) atoms. The van der Waals surface area contributed by atoms with Crippen LogP contribution in [0.2, 0.25) is 10.0 Å². The molecular formula is C15H11Cl2F3N2O2. The van der Waals surface area contributed by atoms with E-state index in [1.165, 1.54) is 24.3 Å². The highest BCUT2D eigenvalue weighted by molar-refractivity contribution is 6.39. The number of carbonyl (C=O) groups is 1. The molecule has 1 amide bonds. The first-order valence-corrected chi connectivity index (χ1v) is 7.27. The SMILES string of the molecule is Nc1c(Cl)cc(NC(=O)COc2ccccc2C(F)(F)F)cc1Cl. The number of hydrogen-bond donors (Lipinski definition) is 2. The van der Waals surface area contributed by atoms with Gasteiger partial charge < -0.3 is 15.8 Å². The Hall–Kier alpha value is -2.12. The van der Waals surface area contributed by atoms with Crippen LogP contribution in [-0.4, -0.2) is 12.5 Å². The van der Waals surface area contributed by atoms with Gasteiger partial charge in [0.05, 0.1) is 21.3 Å². The second kappa shape index (κ2) is 7.19. The van der Waals surface area contributed by atoms with E-state index in [0.29, 0.717) is 0 Å². The van der Waals surface area contributed by atoms with Crippen molar-refractivity contribution in [2.45, 2.75) is 6.18 Å². The van der Waals surface area contributed by atoms with Crippen LogP contribution in [0.25, 0.3) is 0 Å². The van der Waals surface area contributed by atoms with Crippen molar-refractivity contribution in [1.82, 2.24) is 0 Å². The molecule has 0 unspecified atom stereocenters. The summed E-state index contributed by atoms with van der Waals surface area (Å²) in [5.41, 5.74) is 5.01. The van der Waals surface area contributed by atoms with Gasteiger partial charge in [0.1, 0.15) is 5.75 Å². The third kappa shape index (κ3) is 4.46. The zero-order valence-electron chi connectivity index (χ0n) is 12.0. The van der Waals surface area contributed by atoms with E-state index >= 15 is 0 Å². The summed E-state index contributed by atoms with van der Waals surface area (Å²) in [7, 11) is 0. The third-order valence-electron chi connectivity index (χ3n) is 2.91. The zero-order valence-corrected chi connectivity index (χ0v) is 13.5. The molecule has 0 bridgehead atoms. The lowest BCUT2D eigenvalue weighted by Crippen LogP contribution is -2.21. The molecule has 0 saturated carbocycles. The van der Waals surface area contributed by atoms with E-state index in [-0.39, 0.29) is 21.4 Å². The molecule has 4 nitrogen and oxygen atoms in total. The quantitative estimate of drug-likeness (QED) is 0.763. The van der Waals surface area contributed by atoms with Gasteiger partial charge in [-0.2, -0.15) is 13.2 Å². The number of hydrogen-bond acceptors (Lipinski definition) is 3. The number of carbonyl (C=O) groups excluding carboxylic acids is 1. The molecule has 2 aromatic rings. The van der Waals surface area contributed by atoms with E-state index in [1.54, 1.807) is 0 Å². The number of nitrogens with two attached hydrogens (primary N) is 1. The summed E-state index contributed by atoms with van der Waals surface area (Å²) >= 11 is 11.7. The lowest BCUT2D eigenvalue weighted by atomic mass is 10.2. The van der Waals surface area contributed by atoms with Gasteiger partial charge in [0, 0.05) is 5.69 Å². The van der Waals surface area contributed by atoms with Crippen LogP contribution in [0, 0.1) is 0 Å². The van der Waals surface area contributed by atoms with Gasteiger partial charge in [-0.1, -0.05) is 35.3 Å². The van der Waals surface area contributed by atoms with Crippen LogP contribution >= 0.6 is 23.2 Å². The summed E-state index contributed by atoms with van der Waals surface area (Å²) in [5, 5.41) is 2.69. The first kappa shape index (κ1) is 18.2. The van der Waals surface area contributed by atoms with Crippen molar-refractivity contribution >= 4 is 40.5 Å². The summed E-state index contributed by atoms with van der Waals surface area (Å²) < 4.78 is 43.4. The van der Waals surface area contributed by atoms with Gasteiger partial charge in [0.2, 0.25) is 0 Å². The maximum Gasteiger partial charge on any atom is 0.419 e. The third-order valence-corrected chi connectivity index (χ3v) is 3.54. The minimum Gasteiger partial charge on any atom is -0.483 e. The minimum atomic E-state index is -4.58. The molecule has 2 aromatic carbocycles. The monoisotopic (exact) mass is 378 g/mol. The van der Waals surface area contributed by atoms with Crippen molar-refractivity contribution < 1.29 is 22.7 Å². The van der Waals surface area contributed by atoms with Crippen molar-refractivity contribution in [3.63, 3.8) is 0 Å².